The van der Waals surface area contributed by atoms with Gasteiger partial charge in [0.25, 0.3) is 0 Å². The van der Waals surface area contributed by atoms with E-state index < -0.39 is 5.60 Å². The van der Waals surface area contributed by atoms with Gasteiger partial charge < -0.3 is 24.2 Å². The molecule has 29 heavy (non-hydrogen) atoms. The van der Waals surface area contributed by atoms with E-state index in [2.05, 4.69) is 0 Å². The molecule has 0 aliphatic carbocycles. The van der Waals surface area contributed by atoms with Crippen molar-refractivity contribution in [1.82, 2.24) is 4.90 Å². The highest BCUT2D eigenvalue weighted by atomic mass is 16.6. The van der Waals surface area contributed by atoms with E-state index in [-0.39, 0.29) is 11.7 Å². The first-order valence-electron chi connectivity index (χ1n) is 12.1. The molecule has 4 rings (SSSR count). The van der Waals surface area contributed by atoms with Crippen LogP contribution in [0.3, 0.4) is 0 Å². The van der Waals surface area contributed by atoms with Gasteiger partial charge in [-0.25, -0.2) is 4.79 Å². The molecule has 0 aromatic rings. The second-order valence-electron chi connectivity index (χ2n) is 11.0. The summed E-state index contributed by atoms with van der Waals surface area (Å²) in [5, 5.41) is 0. The fourth-order valence-electron chi connectivity index (χ4n) is 6.10. The van der Waals surface area contributed by atoms with Gasteiger partial charge in [0.2, 0.25) is 0 Å². The molecular formula is C23H43N3O3+2. The van der Waals surface area contributed by atoms with Crippen LogP contribution in [0.1, 0.15) is 72.1 Å². The van der Waals surface area contributed by atoms with E-state index in [1.807, 2.05) is 30.6 Å². The number of nitrogens with one attached hydrogen (secondary N) is 2. The van der Waals surface area contributed by atoms with E-state index in [4.69, 9.17) is 9.47 Å². The number of carbonyl (C=O) groups is 1. The SMILES string of the molecule is CC(C)(C)OC(=O)N1CCC2(CC1)C[C@H]([NH+]1CCC([NH+]3CCCCC3)CC1)CO2. The van der Waals surface area contributed by atoms with E-state index in [0.29, 0.717) is 6.04 Å². The molecule has 0 aromatic heterocycles. The summed E-state index contributed by atoms with van der Waals surface area (Å²) in [5.74, 6) is 0. The summed E-state index contributed by atoms with van der Waals surface area (Å²) >= 11 is 0. The molecular weight excluding hydrogens is 366 g/mol. The molecule has 4 aliphatic heterocycles. The highest BCUT2D eigenvalue weighted by Crippen LogP contribution is 2.35. The molecule has 1 atom stereocenters. The lowest BCUT2D eigenvalue weighted by Gasteiger charge is -2.39. The number of amides is 1. The van der Waals surface area contributed by atoms with Crippen molar-refractivity contribution < 1.29 is 24.1 Å². The average molecular weight is 410 g/mol. The molecule has 0 unspecified atom stereocenters. The van der Waals surface area contributed by atoms with Gasteiger partial charge in [-0.05, 0) is 52.9 Å². The summed E-state index contributed by atoms with van der Waals surface area (Å²) in [6.07, 6.45) is 10.00. The number of quaternary nitrogens is 2. The lowest BCUT2D eigenvalue weighted by atomic mass is 9.86. The normalized spacial score (nSPS) is 33.8. The molecule has 1 amide bonds. The van der Waals surface area contributed by atoms with E-state index in [0.717, 1.165) is 38.6 Å². The predicted octanol–water partition coefficient (Wildman–Crippen LogP) is 0.661. The summed E-state index contributed by atoms with van der Waals surface area (Å²) in [7, 11) is 0. The Morgan fingerprint density at radius 1 is 0.966 bits per heavy atom. The Balaban J connectivity index is 1.22. The summed E-state index contributed by atoms with van der Waals surface area (Å²) < 4.78 is 12.0. The first-order valence-corrected chi connectivity index (χ1v) is 12.1. The van der Waals surface area contributed by atoms with Crippen molar-refractivity contribution in [3.8, 4) is 0 Å². The van der Waals surface area contributed by atoms with Crippen molar-refractivity contribution in [2.24, 2.45) is 0 Å². The zero-order valence-corrected chi connectivity index (χ0v) is 18.9. The van der Waals surface area contributed by atoms with Crippen molar-refractivity contribution >= 4 is 6.09 Å². The minimum absolute atomic E-state index is 0.00511. The molecule has 4 aliphatic rings. The van der Waals surface area contributed by atoms with Gasteiger partial charge in [-0.3, -0.25) is 0 Å². The lowest BCUT2D eigenvalue weighted by Crippen LogP contribution is -3.22. The molecule has 4 fully saturated rings. The van der Waals surface area contributed by atoms with Crippen LogP contribution < -0.4 is 9.80 Å². The fraction of sp³-hybridized carbons (Fsp3) is 0.957. The van der Waals surface area contributed by atoms with Crippen LogP contribution in [0, 0.1) is 0 Å². The monoisotopic (exact) mass is 409 g/mol. The van der Waals surface area contributed by atoms with Crippen molar-refractivity contribution in [2.75, 3.05) is 45.9 Å². The van der Waals surface area contributed by atoms with Crippen molar-refractivity contribution in [1.29, 1.82) is 0 Å². The number of rotatable bonds is 2. The summed E-state index contributed by atoms with van der Waals surface area (Å²) in [5.41, 5.74) is -0.419. The first kappa shape index (κ1) is 21.4. The summed E-state index contributed by atoms with van der Waals surface area (Å²) in [4.78, 5) is 17.9. The Labute approximate surface area is 176 Å². The van der Waals surface area contributed by atoms with Gasteiger partial charge >= 0.3 is 6.09 Å². The van der Waals surface area contributed by atoms with Gasteiger partial charge in [0.1, 0.15) is 11.6 Å². The molecule has 0 bridgehead atoms. The van der Waals surface area contributed by atoms with Crippen LogP contribution in [-0.2, 0) is 9.47 Å². The van der Waals surface area contributed by atoms with Crippen LogP contribution in [-0.4, -0.2) is 80.2 Å². The van der Waals surface area contributed by atoms with Crippen molar-refractivity contribution in [3.05, 3.63) is 0 Å². The van der Waals surface area contributed by atoms with Gasteiger partial charge in [0.05, 0.1) is 44.4 Å². The maximum atomic E-state index is 12.3. The van der Waals surface area contributed by atoms with Crippen LogP contribution in [0.15, 0.2) is 0 Å². The molecule has 166 valence electrons. The van der Waals surface area contributed by atoms with Crippen LogP contribution in [0.5, 0.6) is 0 Å². The van der Waals surface area contributed by atoms with E-state index >= 15 is 0 Å². The maximum Gasteiger partial charge on any atom is 0.410 e. The average Bonchev–Trinajstić information content (AvgIpc) is 3.11. The number of likely N-dealkylation sites (tertiary alicyclic amines) is 3. The highest BCUT2D eigenvalue weighted by molar-refractivity contribution is 5.68. The van der Waals surface area contributed by atoms with E-state index in [9.17, 15) is 4.79 Å². The van der Waals surface area contributed by atoms with Crippen LogP contribution in [0.2, 0.25) is 0 Å². The van der Waals surface area contributed by atoms with E-state index in [1.54, 1.807) is 4.90 Å². The zero-order valence-electron chi connectivity index (χ0n) is 18.9. The predicted molar refractivity (Wildman–Crippen MR) is 112 cm³/mol. The number of hydrogen-bond acceptors (Lipinski definition) is 3. The molecule has 6 heteroatoms. The number of carbonyl (C=O) groups excluding carboxylic acids is 1. The molecule has 4 saturated heterocycles. The quantitative estimate of drug-likeness (QED) is 0.705. The third-order valence-corrected chi connectivity index (χ3v) is 7.81. The second kappa shape index (κ2) is 8.72. The van der Waals surface area contributed by atoms with Crippen molar-refractivity contribution in [2.45, 2.75) is 95.4 Å². The van der Waals surface area contributed by atoms with Crippen LogP contribution in [0.4, 0.5) is 4.79 Å². The van der Waals surface area contributed by atoms with Crippen molar-refractivity contribution in [3.63, 3.8) is 0 Å². The number of nitrogens with zero attached hydrogens (tertiary/aromatic N) is 1. The zero-order chi connectivity index (χ0) is 20.5. The van der Waals surface area contributed by atoms with Crippen LogP contribution in [0.25, 0.3) is 0 Å². The Kier molecular flexibility index (Phi) is 6.43. The number of hydrogen-bond donors (Lipinski definition) is 2. The van der Waals surface area contributed by atoms with Gasteiger partial charge in [0.15, 0.2) is 0 Å². The standard InChI is InChI=1S/C23H41N3O3/c1-22(2,3)29-21(27)26-15-9-23(10-16-26)17-20(18-28-23)25-13-7-19(8-14-25)24-11-5-4-6-12-24/h19-20H,4-18H2,1-3H3/p+2/t20-/m0/s1. The minimum atomic E-state index is -0.424. The molecule has 1 spiro atoms. The molecule has 0 saturated carbocycles. The van der Waals surface area contributed by atoms with E-state index in [1.165, 1.54) is 64.7 Å². The Morgan fingerprint density at radius 2 is 1.59 bits per heavy atom. The molecule has 6 nitrogen and oxygen atoms in total. The largest absolute Gasteiger partial charge is 0.444 e. The number of piperidine rings is 3. The number of ether oxygens (including phenoxy) is 2. The fourth-order valence-corrected chi connectivity index (χ4v) is 6.10. The maximum absolute atomic E-state index is 12.3. The van der Waals surface area contributed by atoms with Gasteiger partial charge in [-0.2, -0.15) is 0 Å². The molecule has 0 radical (unpaired) electrons. The summed E-state index contributed by atoms with van der Waals surface area (Å²) in [6.45, 7) is 13.7. The first-order chi connectivity index (χ1) is 13.8. The Morgan fingerprint density at radius 3 is 2.21 bits per heavy atom. The summed E-state index contributed by atoms with van der Waals surface area (Å²) in [6, 6.07) is 1.56. The smallest absolute Gasteiger partial charge is 0.410 e. The third-order valence-electron chi connectivity index (χ3n) is 7.81. The molecule has 2 N–H and O–H groups in total. The third kappa shape index (κ3) is 5.26. The minimum Gasteiger partial charge on any atom is -0.444 e. The highest BCUT2D eigenvalue weighted by Gasteiger charge is 2.48. The van der Waals surface area contributed by atoms with Gasteiger partial charge in [0, 0.05) is 32.4 Å². The van der Waals surface area contributed by atoms with Crippen LogP contribution >= 0.6 is 0 Å². The Hall–Kier alpha value is -0.850. The Bertz CT molecular complexity index is 554. The second-order valence-corrected chi connectivity index (χ2v) is 11.0. The topological polar surface area (TPSA) is 47.6 Å². The molecule has 0 aromatic carbocycles. The van der Waals surface area contributed by atoms with Gasteiger partial charge in [-0.1, -0.05) is 0 Å². The molecule has 4 heterocycles. The van der Waals surface area contributed by atoms with Gasteiger partial charge in [-0.15, -0.1) is 0 Å². The lowest BCUT2D eigenvalue weighted by molar-refractivity contribution is -0.969.